The van der Waals surface area contributed by atoms with Crippen LogP contribution in [0.25, 0.3) is 0 Å². The molecule has 1 aromatic heterocycles. The van der Waals surface area contributed by atoms with Gasteiger partial charge < -0.3 is 5.11 Å². The fraction of sp³-hybridized carbons (Fsp3) is 0.312. The van der Waals surface area contributed by atoms with Crippen molar-refractivity contribution in [3.8, 4) is 11.8 Å². The first-order valence-electron chi connectivity index (χ1n) is 6.63. The average Bonchev–Trinajstić information content (AvgIpc) is 2.95. The van der Waals surface area contributed by atoms with Crippen molar-refractivity contribution in [1.82, 2.24) is 9.88 Å². The van der Waals surface area contributed by atoms with Crippen molar-refractivity contribution in [1.29, 1.82) is 0 Å². The first-order chi connectivity index (χ1) is 10.2. The zero-order valence-corrected chi connectivity index (χ0v) is 12.7. The van der Waals surface area contributed by atoms with E-state index < -0.39 is 0 Å². The van der Waals surface area contributed by atoms with E-state index in [4.69, 9.17) is 5.11 Å². The van der Waals surface area contributed by atoms with Gasteiger partial charge in [-0.2, -0.15) is 0 Å². The first kappa shape index (κ1) is 15.6. The molecule has 5 heteroatoms. The molecular formula is C16H17FN2OS. The lowest BCUT2D eigenvalue weighted by Gasteiger charge is -2.15. The van der Waals surface area contributed by atoms with Gasteiger partial charge in [0.25, 0.3) is 0 Å². The molecule has 0 radical (unpaired) electrons. The van der Waals surface area contributed by atoms with Crippen molar-refractivity contribution in [2.75, 3.05) is 13.7 Å². The highest BCUT2D eigenvalue weighted by Gasteiger charge is 2.06. The summed E-state index contributed by atoms with van der Waals surface area (Å²) in [5.41, 5.74) is 4.23. The highest BCUT2D eigenvalue weighted by molar-refractivity contribution is 7.07. The molecule has 0 aliphatic carbocycles. The van der Waals surface area contributed by atoms with Crippen molar-refractivity contribution in [3.05, 3.63) is 51.7 Å². The number of aromatic nitrogens is 1. The van der Waals surface area contributed by atoms with Gasteiger partial charge >= 0.3 is 0 Å². The van der Waals surface area contributed by atoms with Crippen LogP contribution in [-0.4, -0.2) is 28.6 Å². The lowest BCUT2D eigenvalue weighted by atomic mass is 10.1. The molecule has 110 valence electrons. The van der Waals surface area contributed by atoms with Gasteiger partial charge in [0.15, 0.2) is 0 Å². The Morgan fingerprint density at radius 1 is 1.38 bits per heavy atom. The summed E-state index contributed by atoms with van der Waals surface area (Å²) in [7, 11) is 2.00. The van der Waals surface area contributed by atoms with Crippen molar-refractivity contribution in [2.45, 2.75) is 19.5 Å². The molecule has 1 N–H and O–H groups in total. The van der Waals surface area contributed by atoms with Gasteiger partial charge in [-0.05, 0) is 24.7 Å². The highest BCUT2D eigenvalue weighted by Crippen LogP contribution is 2.13. The molecule has 21 heavy (non-hydrogen) atoms. The number of benzene rings is 1. The van der Waals surface area contributed by atoms with E-state index in [1.165, 1.54) is 6.07 Å². The summed E-state index contributed by atoms with van der Waals surface area (Å²) in [5.74, 6) is 5.18. The third-order valence-corrected chi connectivity index (χ3v) is 3.49. The monoisotopic (exact) mass is 304 g/mol. The lowest BCUT2D eigenvalue weighted by molar-refractivity contribution is 0.305. The first-order valence-corrected chi connectivity index (χ1v) is 7.57. The van der Waals surface area contributed by atoms with Gasteiger partial charge in [0.1, 0.15) is 5.82 Å². The smallest absolute Gasteiger partial charge is 0.138 e. The summed E-state index contributed by atoms with van der Waals surface area (Å²) in [6.07, 6.45) is 0.355. The molecule has 0 amide bonds. The third kappa shape index (κ3) is 4.94. The van der Waals surface area contributed by atoms with Gasteiger partial charge in [0.05, 0.1) is 23.4 Å². The van der Waals surface area contributed by atoms with E-state index in [2.05, 4.69) is 21.7 Å². The molecule has 0 atom stereocenters. The highest BCUT2D eigenvalue weighted by atomic mass is 32.1. The SMILES string of the molecule is CN(Cc1ccc(F)c(C#CCCO)c1)Cc1cscn1. The van der Waals surface area contributed by atoms with Crippen molar-refractivity contribution in [2.24, 2.45) is 0 Å². The zero-order valence-electron chi connectivity index (χ0n) is 11.8. The summed E-state index contributed by atoms with van der Waals surface area (Å²) in [4.78, 5) is 6.37. The van der Waals surface area contributed by atoms with Gasteiger partial charge in [-0.3, -0.25) is 4.90 Å². The van der Waals surface area contributed by atoms with E-state index in [1.807, 2.05) is 17.9 Å². The summed E-state index contributed by atoms with van der Waals surface area (Å²) in [6.45, 7) is 1.45. The quantitative estimate of drug-likeness (QED) is 0.863. The van der Waals surface area contributed by atoms with Crippen molar-refractivity contribution < 1.29 is 9.50 Å². The van der Waals surface area contributed by atoms with Crippen LogP contribution >= 0.6 is 11.3 Å². The summed E-state index contributed by atoms with van der Waals surface area (Å²) in [5, 5.41) is 10.7. The van der Waals surface area contributed by atoms with E-state index in [1.54, 1.807) is 23.5 Å². The molecule has 0 aliphatic rings. The molecule has 1 aromatic carbocycles. The Morgan fingerprint density at radius 3 is 2.95 bits per heavy atom. The zero-order chi connectivity index (χ0) is 15.1. The molecule has 0 unspecified atom stereocenters. The van der Waals surface area contributed by atoms with Gasteiger partial charge in [0, 0.05) is 24.9 Å². The standard InChI is InChI=1S/C16H17FN2OS/c1-19(10-15-11-21-12-18-15)9-13-5-6-16(17)14(8-13)4-2-3-7-20/h5-6,8,11-12,20H,3,7,9-10H2,1H3. The van der Waals surface area contributed by atoms with E-state index in [0.29, 0.717) is 18.5 Å². The minimum absolute atomic E-state index is 0.00924. The van der Waals surface area contributed by atoms with E-state index >= 15 is 0 Å². The van der Waals surface area contributed by atoms with Crippen LogP contribution in [0.2, 0.25) is 0 Å². The summed E-state index contributed by atoms with van der Waals surface area (Å²) >= 11 is 1.58. The summed E-state index contributed by atoms with van der Waals surface area (Å²) in [6, 6.07) is 4.97. The second-order valence-corrected chi connectivity index (χ2v) is 5.46. The number of rotatable bonds is 5. The predicted octanol–water partition coefficient (Wildman–Crippen LogP) is 2.65. The lowest BCUT2D eigenvalue weighted by Crippen LogP contribution is -2.17. The van der Waals surface area contributed by atoms with Gasteiger partial charge in [-0.25, -0.2) is 9.37 Å². The number of nitrogens with zero attached hydrogens (tertiary/aromatic N) is 2. The number of thiazole rings is 1. The minimum atomic E-state index is -0.327. The molecule has 0 bridgehead atoms. The largest absolute Gasteiger partial charge is 0.395 e. The Kier molecular flexibility index (Phi) is 5.88. The molecule has 2 rings (SSSR count). The Balaban J connectivity index is 2.03. The van der Waals surface area contributed by atoms with Gasteiger partial charge in [0.2, 0.25) is 0 Å². The van der Waals surface area contributed by atoms with Crippen molar-refractivity contribution in [3.63, 3.8) is 0 Å². The Morgan fingerprint density at radius 2 is 2.24 bits per heavy atom. The van der Waals surface area contributed by atoms with E-state index in [0.717, 1.165) is 17.8 Å². The van der Waals surface area contributed by atoms with E-state index in [9.17, 15) is 4.39 Å². The fourth-order valence-electron chi connectivity index (χ4n) is 1.94. The molecular weight excluding hydrogens is 287 g/mol. The Labute approximate surface area is 128 Å². The maximum Gasteiger partial charge on any atom is 0.138 e. The van der Waals surface area contributed by atoms with Crippen LogP contribution in [0.1, 0.15) is 23.2 Å². The number of halogens is 1. The molecule has 0 saturated carbocycles. The minimum Gasteiger partial charge on any atom is -0.395 e. The second-order valence-electron chi connectivity index (χ2n) is 4.74. The Bertz CT molecular complexity index is 631. The van der Waals surface area contributed by atoms with E-state index in [-0.39, 0.29) is 12.4 Å². The predicted molar refractivity (Wildman–Crippen MR) is 82.3 cm³/mol. The normalized spacial score (nSPS) is 10.5. The number of hydrogen-bond donors (Lipinski definition) is 1. The fourth-order valence-corrected chi connectivity index (χ4v) is 2.49. The maximum absolute atomic E-state index is 13.7. The van der Waals surface area contributed by atoms with Gasteiger partial charge in [-0.15, -0.1) is 11.3 Å². The number of hydrogen-bond acceptors (Lipinski definition) is 4. The number of aliphatic hydroxyl groups excluding tert-OH is 1. The van der Waals surface area contributed by atoms with Crippen LogP contribution in [0.3, 0.4) is 0 Å². The van der Waals surface area contributed by atoms with Crippen LogP contribution in [0.4, 0.5) is 4.39 Å². The molecule has 0 spiro atoms. The van der Waals surface area contributed by atoms with Crippen molar-refractivity contribution >= 4 is 11.3 Å². The molecule has 1 heterocycles. The molecule has 3 nitrogen and oxygen atoms in total. The van der Waals surface area contributed by atoms with Crippen LogP contribution in [0, 0.1) is 17.7 Å². The second kappa shape index (κ2) is 7.89. The molecule has 0 saturated heterocycles. The topological polar surface area (TPSA) is 36.4 Å². The third-order valence-electron chi connectivity index (χ3n) is 2.86. The van der Waals surface area contributed by atoms with Crippen LogP contribution < -0.4 is 0 Å². The maximum atomic E-state index is 13.7. The van der Waals surface area contributed by atoms with Crippen LogP contribution in [0.5, 0.6) is 0 Å². The molecule has 0 fully saturated rings. The Hall–Kier alpha value is -1.74. The average molecular weight is 304 g/mol. The van der Waals surface area contributed by atoms with Crippen LogP contribution in [-0.2, 0) is 13.1 Å². The number of aliphatic hydroxyl groups is 1. The molecule has 2 aromatic rings. The summed E-state index contributed by atoms with van der Waals surface area (Å²) < 4.78 is 13.7. The van der Waals surface area contributed by atoms with Crippen LogP contribution in [0.15, 0.2) is 29.1 Å². The van der Waals surface area contributed by atoms with Gasteiger partial charge in [-0.1, -0.05) is 17.9 Å². The molecule has 0 aliphatic heterocycles.